The van der Waals surface area contributed by atoms with Gasteiger partial charge in [0.1, 0.15) is 11.5 Å². The first-order chi connectivity index (χ1) is 14.7. The first kappa shape index (κ1) is 23.2. The monoisotopic (exact) mass is 561 g/mol. The van der Waals surface area contributed by atoms with Crippen LogP contribution in [0.1, 0.15) is 5.56 Å². The van der Waals surface area contributed by atoms with E-state index in [4.69, 9.17) is 14.5 Å². The zero-order valence-electron chi connectivity index (χ0n) is 16.7. The van der Waals surface area contributed by atoms with E-state index in [9.17, 15) is 0 Å². The highest BCUT2D eigenvalue weighted by Gasteiger charge is 2.20. The van der Waals surface area contributed by atoms with Crippen LogP contribution in [0, 0.1) is 0 Å². The fourth-order valence-electron chi connectivity index (χ4n) is 2.81. The van der Waals surface area contributed by atoms with E-state index >= 15 is 0 Å². The van der Waals surface area contributed by atoms with Crippen molar-refractivity contribution >= 4 is 61.2 Å². The van der Waals surface area contributed by atoms with Gasteiger partial charge in [-0.05, 0) is 60.7 Å². The lowest BCUT2D eigenvalue weighted by atomic mass is 10.1. The van der Waals surface area contributed by atoms with Crippen molar-refractivity contribution in [3.05, 3.63) is 94.3 Å². The minimum absolute atomic E-state index is 0. The van der Waals surface area contributed by atoms with E-state index in [1.165, 1.54) is 0 Å². The topological polar surface area (TPSA) is 46.1 Å². The molecule has 4 rings (SSSR count). The van der Waals surface area contributed by atoms with Gasteiger partial charge in [-0.15, -0.1) is 17.0 Å². The van der Waals surface area contributed by atoms with Crippen LogP contribution in [0.15, 0.2) is 93.7 Å². The van der Waals surface area contributed by atoms with Crippen molar-refractivity contribution < 1.29 is 9.47 Å². The maximum Gasteiger partial charge on any atom is 0.185 e. The molecule has 8 heteroatoms. The number of hydrazine groups is 1. The molecule has 160 valence electrons. The summed E-state index contributed by atoms with van der Waals surface area (Å²) in [5, 5.41) is 4.80. The maximum absolute atomic E-state index is 6.01. The molecular weight excluding hydrogens is 542 g/mol. The number of nitrogens with one attached hydrogen (secondary N) is 1. The predicted molar refractivity (Wildman–Crippen MR) is 137 cm³/mol. The normalized spacial score (nSPS) is 14.3. The third-order valence-electron chi connectivity index (χ3n) is 4.35. The Morgan fingerprint density at radius 3 is 2.29 bits per heavy atom. The molecule has 0 radical (unpaired) electrons. The molecule has 0 atom stereocenters. The van der Waals surface area contributed by atoms with Crippen LogP contribution < -0.4 is 14.9 Å². The molecule has 1 heterocycles. The summed E-state index contributed by atoms with van der Waals surface area (Å²) >= 11 is 4.99. The van der Waals surface area contributed by atoms with Gasteiger partial charge in [0.05, 0.1) is 18.5 Å². The lowest BCUT2D eigenvalue weighted by Crippen LogP contribution is -2.43. The molecule has 0 saturated heterocycles. The van der Waals surface area contributed by atoms with Gasteiger partial charge in [0, 0.05) is 15.4 Å². The van der Waals surface area contributed by atoms with Crippen molar-refractivity contribution in [2.75, 3.05) is 13.8 Å². The van der Waals surface area contributed by atoms with Crippen LogP contribution in [0.2, 0.25) is 0 Å². The molecule has 0 amide bonds. The molecule has 0 fully saturated rings. The molecule has 31 heavy (non-hydrogen) atoms. The van der Waals surface area contributed by atoms with Gasteiger partial charge in [-0.3, -0.25) is 5.43 Å². The van der Waals surface area contributed by atoms with Gasteiger partial charge in [0.2, 0.25) is 0 Å². The number of ether oxygens (including phenoxy) is 2. The van der Waals surface area contributed by atoms with E-state index in [-0.39, 0.29) is 17.0 Å². The Hall–Kier alpha value is -2.42. The summed E-state index contributed by atoms with van der Waals surface area (Å²) in [6.07, 6.45) is 0. The Kier molecular flexibility index (Phi) is 8.45. The van der Waals surface area contributed by atoms with Crippen molar-refractivity contribution in [3.63, 3.8) is 0 Å². The van der Waals surface area contributed by atoms with Gasteiger partial charge in [0.15, 0.2) is 11.9 Å². The lowest BCUT2D eigenvalue weighted by molar-refractivity contribution is 0.162. The Morgan fingerprint density at radius 2 is 1.61 bits per heavy atom. The van der Waals surface area contributed by atoms with Crippen LogP contribution in [-0.2, 0) is 0 Å². The minimum atomic E-state index is 0. The van der Waals surface area contributed by atoms with E-state index < -0.39 is 0 Å². The molecule has 3 aromatic rings. The number of thioether (sulfide) groups is 1. The van der Waals surface area contributed by atoms with Gasteiger partial charge >= 0.3 is 0 Å². The average molecular weight is 563 g/mol. The van der Waals surface area contributed by atoms with Crippen LogP contribution >= 0.6 is 44.7 Å². The van der Waals surface area contributed by atoms with Crippen LogP contribution in [0.4, 0.5) is 5.69 Å². The number of rotatable bonds is 6. The molecular formula is C23H21Br2N3O2S. The highest BCUT2D eigenvalue weighted by atomic mass is 79.9. The summed E-state index contributed by atoms with van der Waals surface area (Å²) < 4.78 is 12.3. The number of benzene rings is 3. The van der Waals surface area contributed by atoms with Crippen LogP contribution in [0.5, 0.6) is 11.5 Å². The third kappa shape index (κ3) is 6.29. The second kappa shape index (κ2) is 11.3. The van der Waals surface area contributed by atoms with Gasteiger partial charge in [-0.1, -0.05) is 45.9 Å². The number of nitrogens with zero attached hydrogens (tertiary/aromatic N) is 2. The van der Waals surface area contributed by atoms with Crippen molar-refractivity contribution in [1.29, 1.82) is 0 Å². The van der Waals surface area contributed by atoms with E-state index in [0.29, 0.717) is 6.73 Å². The van der Waals surface area contributed by atoms with Crippen molar-refractivity contribution in [2.45, 2.75) is 0 Å². The molecule has 1 aliphatic rings. The number of halogens is 2. The largest absolute Gasteiger partial charge is 0.497 e. The summed E-state index contributed by atoms with van der Waals surface area (Å²) in [5.41, 5.74) is 6.31. The summed E-state index contributed by atoms with van der Waals surface area (Å²) in [4.78, 5) is 4.69. The molecule has 1 aliphatic heterocycles. The lowest BCUT2D eigenvalue weighted by Gasteiger charge is -2.32. The Bertz CT molecular complexity index is 1040. The molecule has 5 nitrogen and oxygen atoms in total. The van der Waals surface area contributed by atoms with Gasteiger partial charge in [-0.2, -0.15) is 0 Å². The Balaban J connectivity index is 0.00000272. The van der Waals surface area contributed by atoms with E-state index in [1.807, 2.05) is 83.9 Å². The molecule has 0 aliphatic carbocycles. The first-order valence-corrected chi connectivity index (χ1v) is 11.0. The van der Waals surface area contributed by atoms with Crippen LogP contribution in [0.3, 0.4) is 0 Å². The van der Waals surface area contributed by atoms with E-state index in [0.717, 1.165) is 38.1 Å². The van der Waals surface area contributed by atoms with Crippen LogP contribution in [0.25, 0.3) is 5.70 Å². The van der Waals surface area contributed by atoms with E-state index in [2.05, 4.69) is 26.8 Å². The van der Waals surface area contributed by atoms with Gasteiger partial charge in [-0.25, -0.2) is 10.0 Å². The summed E-state index contributed by atoms with van der Waals surface area (Å²) in [5.74, 6) is 1.61. The summed E-state index contributed by atoms with van der Waals surface area (Å²) in [6.45, 7) is 0.313. The Morgan fingerprint density at radius 1 is 0.935 bits per heavy atom. The van der Waals surface area contributed by atoms with E-state index in [1.54, 1.807) is 18.9 Å². The van der Waals surface area contributed by atoms with Crippen LogP contribution in [-0.4, -0.2) is 24.0 Å². The first-order valence-electron chi connectivity index (χ1n) is 9.29. The number of amidine groups is 1. The molecule has 0 saturated carbocycles. The molecule has 0 unspecified atom stereocenters. The fourth-order valence-corrected chi connectivity index (χ4v) is 3.88. The van der Waals surface area contributed by atoms with Gasteiger partial charge < -0.3 is 9.47 Å². The number of hydrogen-bond donors (Lipinski definition) is 1. The highest BCUT2D eigenvalue weighted by Crippen LogP contribution is 2.29. The molecule has 1 N–H and O–H groups in total. The van der Waals surface area contributed by atoms with Crippen molar-refractivity contribution in [1.82, 2.24) is 10.4 Å². The van der Waals surface area contributed by atoms with Crippen molar-refractivity contribution in [3.8, 4) is 11.5 Å². The molecule has 0 bridgehead atoms. The zero-order valence-corrected chi connectivity index (χ0v) is 20.8. The second-order valence-corrected chi connectivity index (χ2v) is 8.14. The van der Waals surface area contributed by atoms with Crippen molar-refractivity contribution in [2.24, 2.45) is 4.99 Å². The number of para-hydroxylation sites is 1. The SMILES string of the molecule is Br.COc1ccc(C2=CSC(=Nc3ccccc3)NN2COc2ccc(Br)cc2)cc1. The minimum Gasteiger partial charge on any atom is -0.497 e. The molecule has 0 aromatic heterocycles. The number of aliphatic imine (C=N–C) groups is 1. The summed E-state index contributed by atoms with van der Waals surface area (Å²) in [6, 6.07) is 25.6. The maximum atomic E-state index is 6.01. The fraction of sp³-hybridized carbons (Fsp3) is 0.0870. The number of methoxy groups -OCH3 is 1. The average Bonchev–Trinajstić information content (AvgIpc) is 2.80. The molecule has 3 aromatic carbocycles. The second-order valence-electron chi connectivity index (χ2n) is 6.37. The van der Waals surface area contributed by atoms with Gasteiger partial charge in [0.25, 0.3) is 0 Å². The zero-order chi connectivity index (χ0) is 20.8. The number of hydrogen-bond acceptors (Lipinski definition) is 5. The Labute approximate surface area is 205 Å². The predicted octanol–water partition coefficient (Wildman–Crippen LogP) is 6.61. The quantitative estimate of drug-likeness (QED) is 0.366. The summed E-state index contributed by atoms with van der Waals surface area (Å²) in [7, 11) is 1.66. The molecule has 0 spiro atoms. The standard InChI is InChI=1S/C23H20BrN3O2S.BrH/c1-28-20-11-7-17(8-12-20)22-15-30-23(25-19-5-3-2-4-6-19)26-27(22)16-29-21-13-9-18(24)10-14-21;/h2-15H,16H2,1H3,(H,25,26);1H. The highest BCUT2D eigenvalue weighted by molar-refractivity contribution is 9.10. The smallest absolute Gasteiger partial charge is 0.185 e. The third-order valence-corrected chi connectivity index (χ3v) is 5.63.